The summed E-state index contributed by atoms with van der Waals surface area (Å²) in [6.45, 7) is 1.39. The third-order valence-electron chi connectivity index (χ3n) is 2.30. The van der Waals surface area contributed by atoms with E-state index < -0.39 is 0 Å². The van der Waals surface area contributed by atoms with Crippen LogP contribution in [-0.2, 0) is 13.1 Å². The maximum atomic E-state index is 5.59. The lowest BCUT2D eigenvalue weighted by molar-refractivity contribution is 0.392. The van der Waals surface area contributed by atoms with Crippen LogP contribution in [0, 0.1) is 0 Å². The van der Waals surface area contributed by atoms with Crippen molar-refractivity contribution in [3.63, 3.8) is 0 Å². The molecular weight excluding hydrogens is 188 g/mol. The summed E-state index contributed by atoms with van der Waals surface area (Å²) < 4.78 is 0. The van der Waals surface area contributed by atoms with Gasteiger partial charge in [0.15, 0.2) is 0 Å². The standard InChI is InChI=1S/C11H16N4/c1-15(2)7-11-13-9-4-3-8(6-12)5-10(9)14-11/h3-5H,6-7,12H2,1-2H3,(H,13,14). The molecule has 0 fully saturated rings. The Morgan fingerprint density at radius 3 is 2.87 bits per heavy atom. The number of imidazole rings is 1. The third-order valence-corrected chi connectivity index (χ3v) is 2.30. The second-order valence-corrected chi connectivity index (χ2v) is 3.98. The van der Waals surface area contributed by atoms with Gasteiger partial charge in [-0.1, -0.05) is 6.07 Å². The Hall–Kier alpha value is -1.39. The predicted octanol–water partition coefficient (Wildman–Crippen LogP) is 1.08. The number of hydrogen-bond donors (Lipinski definition) is 2. The Kier molecular flexibility index (Phi) is 2.70. The fourth-order valence-electron chi connectivity index (χ4n) is 1.61. The maximum Gasteiger partial charge on any atom is 0.121 e. The molecule has 0 amide bonds. The second kappa shape index (κ2) is 4.00. The fourth-order valence-corrected chi connectivity index (χ4v) is 1.61. The van der Waals surface area contributed by atoms with E-state index >= 15 is 0 Å². The van der Waals surface area contributed by atoms with Gasteiger partial charge in [0.05, 0.1) is 17.6 Å². The Labute approximate surface area is 89.1 Å². The number of aromatic amines is 1. The summed E-state index contributed by atoms with van der Waals surface area (Å²) in [4.78, 5) is 9.87. The Balaban J connectivity index is 2.37. The van der Waals surface area contributed by atoms with Gasteiger partial charge in [-0.15, -0.1) is 0 Å². The SMILES string of the molecule is CN(C)Cc1nc2ccc(CN)cc2[nH]1. The fraction of sp³-hybridized carbons (Fsp3) is 0.364. The molecule has 4 nitrogen and oxygen atoms in total. The average molecular weight is 204 g/mol. The van der Waals surface area contributed by atoms with Crippen LogP contribution in [0.1, 0.15) is 11.4 Å². The first-order valence-electron chi connectivity index (χ1n) is 5.01. The molecule has 0 unspecified atom stereocenters. The molecule has 0 radical (unpaired) electrons. The smallest absolute Gasteiger partial charge is 0.121 e. The molecule has 0 bridgehead atoms. The van der Waals surface area contributed by atoms with E-state index in [4.69, 9.17) is 5.73 Å². The van der Waals surface area contributed by atoms with Gasteiger partial charge in [0.2, 0.25) is 0 Å². The van der Waals surface area contributed by atoms with Crippen LogP contribution in [0.5, 0.6) is 0 Å². The molecule has 0 aliphatic heterocycles. The van der Waals surface area contributed by atoms with Crippen molar-refractivity contribution in [3.8, 4) is 0 Å². The summed E-state index contributed by atoms with van der Waals surface area (Å²) in [5.41, 5.74) is 8.78. The number of rotatable bonds is 3. The van der Waals surface area contributed by atoms with Crippen molar-refractivity contribution in [2.75, 3.05) is 14.1 Å². The van der Waals surface area contributed by atoms with Crippen molar-refractivity contribution < 1.29 is 0 Å². The summed E-state index contributed by atoms with van der Waals surface area (Å²) in [7, 11) is 4.05. The van der Waals surface area contributed by atoms with Gasteiger partial charge in [0, 0.05) is 6.54 Å². The predicted molar refractivity (Wildman–Crippen MR) is 61.4 cm³/mol. The van der Waals surface area contributed by atoms with Gasteiger partial charge in [0.25, 0.3) is 0 Å². The molecule has 2 rings (SSSR count). The van der Waals surface area contributed by atoms with Crippen molar-refractivity contribution in [3.05, 3.63) is 29.6 Å². The summed E-state index contributed by atoms with van der Waals surface area (Å²) in [6.07, 6.45) is 0. The van der Waals surface area contributed by atoms with Crippen molar-refractivity contribution in [1.82, 2.24) is 14.9 Å². The van der Waals surface area contributed by atoms with Gasteiger partial charge in [-0.2, -0.15) is 0 Å². The number of fused-ring (bicyclic) bond motifs is 1. The van der Waals surface area contributed by atoms with E-state index in [-0.39, 0.29) is 0 Å². The van der Waals surface area contributed by atoms with Crippen LogP contribution in [0.2, 0.25) is 0 Å². The molecule has 4 heteroatoms. The lowest BCUT2D eigenvalue weighted by Crippen LogP contribution is -2.11. The molecule has 0 atom stereocenters. The number of H-pyrrole nitrogens is 1. The van der Waals surface area contributed by atoms with Gasteiger partial charge in [0.1, 0.15) is 5.82 Å². The first-order valence-corrected chi connectivity index (χ1v) is 5.01. The minimum atomic E-state index is 0.567. The molecule has 15 heavy (non-hydrogen) atoms. The van der Waals surface area contributed by atoms with E-state index in [2.05, 4.69) is 20.9 Å². The quantitative estimate of drug-likeness (QED) is 0.786. The van der Waals surface area contributed by atoms with Crippen LogP contribution >= 0.6 is 0 Å². The second-order valence-electron chi connectivity index (χ2n) is 3.98. The minimum Gasteiger partial charge on any atom is -0.341 e. The number of benzene rings is 1. The van der Waals surface area contributed by atoms with E-state index in [1.54, 1.807) is 0 Å². The summed E-state index contributed by atoms with van der Waals surface area (Å²) in [5.74, 6) is 0.990. The number of nitrogens with two attached hydrogens (primary N) is 1. The summed E-state index contributed by atoms with van der Waals surface area (Å²) >= 11 is 0. The van der Waals surface area contributed by atoms with E-state index in [1.165, 1.54) is 0 Å². The van der Waals surface area contributed by atoms with E-state index in [0.29, 0.717) is 6.54 Å². The lowest BCUT2D eigenvalue weighted by atomic mass is 10.2. The molecule has 80 valence electrons. The highest BCUT2D eigenvalue weighted by molar-refractivity contribution is 5.75. The van der Waals surface area contributed by atoms with Crippen molar-refractivity contribution >= 4 is 11.0 Å². The largest absolute Gasteiger partial charge is 0.341 e. The molecule has 0 spiro atoms. The Morgan fingerprint density at radius 2 is 2.20 bits per heavy atom. The molecule has 1 heterocycles. The van der Waals surface area contributed by atoms with Crippen LogP contribution in [0.4, 0.5) is 0 Å². The number of nitrogens with one attached hydrogen (secondary N) is 1. The molecule has 2 aromatic rings. The Bertz CT molecular complexity index is 459. The topological polar surface area (TPSA) is 57.9 Å². The van der Waals surface area contributed by atoms with Crippen LogP contribution in [0.15, 0.2) is 18.2 Å². The van der Waals surface area contributed by atoms with Gasteiger partial charge < -0.3 is 15.6 Å². The molecule has 0 saturated carbocycles. The zero-order valence-corrected chi connectivity index (χ0v) is 9.12. The molecule has 1 aromatic carbocycles. The highest BCUT2D eigenvalue weighted by Crippen LogP contribution is 2.13. The molecule has 0 saturated heterocycles. The number of hydrogen-bond acceptors (Lipinski definition) is 3. The van der Waals surface area contributed by atoms with E-state index in [9.17, 15) is 0 Å². The monoisotopic (exact) mass is 204 g/mol. The van der Waals surface area contributed by atoms with Crippen LogP contribution in [0.25, 0.3) is 11.0 Å². The summed E-state index contributed by atoms with van der Waals surface area (Å²) in [5, 5.41) is 0. The van der Waals surface area contributed by atoms with Crippen molar-refractivity contribution in [1.29, 1.82) is 0 Å². The van der Waals surface area contributed by atoms with Crippen molar-refractivity contribution in [2.24, 2.45) is 5.73 Å². The van der Waals surface area contributed by atoms with Gasteiger partial charge in [-0.25, -0.2) is 4.98 Å². The summed E-state index contributed by atoms with van der Waals surface area (Å²) in [6, 6.07) is 6.08. The molecule has 1 aromatic heterocycles. The van der Waals surface area contributed by atoms with Gasteiger partial charge in [-0.3, -0.25) is 0 Å². The highest BCUT2D eigenvalue weighted by Gasteiger charge is 2.03. The normalized spacial score (nSPS) is 11.5. The van der Waals surface area contributed by atoms with Crippen molar-refractivity contribution in [2.45, 2.75) is 13.1 Å². The zero-order chi connectivity index (χ0) is 10.8. The molecule has 0 aliphatic rings. The minimum absolute atomic E-state index is 0.567. The average Bonchev–Trinajstić information content (AvgIpc) is 2.57. The van der Waals surface area contributed by atoms with E-state index in [0.717, 1.165) is 29.0 Å². The first-order chi connectivity index (χ1) is 7.19. The Morgan fingerprint density at radius 1 is 1.40 bits per heavy atom. The van der Waals surface area contributed by atoms with Gasteiger partial charge in [-0.05, 0) is 31.8 Å². The highest BCUT2D eigenvalue weighted by atomic mass is 15.1. The number of nitrogens with zero attached hydrogens (tertiary/aromatic N) is 2. The zero-order valence-electron chi connectivity index (χ0n) is 9.12. The molecule has 0 aliphatic carbocycles. The van der Waals surface area contributed by atoms with Crippen LogP contribution in [0.3, 0.4) is 0 Å². The van der Waals surface area contributed by atoms with Gasteiger partial charge >= 0.3 is 0 Å². The molecule has 3 N–H and O–H groups in total. The lowest BCUT2D eigenvalue weighted by Gasteiger charge is -2.04. The van der Waals surface area contributed by atoms with Crippen LogP contribution < -0.4 is 5.73 Å². The first kappa shape index (κ1) is 10.1. The molecular formula is C11H16N4. The van der Waals surface area contributed by atoms with Crippen LogP contribution in [-0.4, -0.2) is 29.0 Å². The number of aromatic nitrogens is 2. The van der Waals surface area contributed by atoms with E-state index in [1.807, 2.05) is 26.2 Å². The maximum absolute atomic E-state index is 5.59. The third kappa shape index (κ3) is 2.16.